The predicted molar refractivity (Wildman–Crippen MR) is 86.6 cm³/mol. The van der Waals surface area contributed by atoms with Gasteiger partial charge in [-0.2, -0.15) is 0 Å². The molecule has 0 radical (unpaired) electrons. The van der Waals surface area contributed by atoms with E-state index in [-0.39, 0.29) is 23.1 Å². The van der Waals surface area contributed by atoms with Crippen molar-refractivity contribution >= 4 is 19.0 Å². The summed E-state index contributed by atoms with van der Waals surface area (Å²) < 4.78 is 12.9. The molecule has 1 unspecified atom stereocenters. The second-order valence-corrected chi connectivity index (χ2v) is 5.32. The molecule has 0 aliphatic carbocycles. The fourth-order valence-corrected chi connectivity index (χ4v) is 2.25. The molecule has 0 spiro atoms. The standard InChI is InChI=1S/C16H15BFNO6/c18-11-6-4-9(5-7-11)15(21)19-13(17(24)25)8-10-2-1-3-12(14(10)20)16(22)23/h1-7,13,20,24-25H,8H2,(H,19,21)(H,22,23). The van der Waals surface area contributed by atoms with Crippen LogP contribution in [0.25, 0.3) is 0 Å². The number of carbonyl (C=O) groups is 2. The molecule has 0 bridgehead atoms. The number of rotatable bonds is 6. The van der Waals surface area contributed by atoms with Crippen molar-refractivity contribution in [3.05, 3.63) is 65.0 Å². The normalized spacial score (nSPS) is 11.6. The summed E-state index contributed by atoms with van der Waals surface area (Å²) >= 11 is 0. The number of hydrogen-bond donors (Lipinski definition) is 5. The quantitative estimate of drug-likeness (QED) is 0.487. The largest absolute Gasteiger partial charge is 0.507 e. The highest BCUT2D eigenvalue weighted by Gasteiger charge is 2.28. The van der Waals surface area contributed by atoms with Gasteiger partial charge in [-0.05, 0) is 42.3 Å². The third kappa shape index (κ3) is 4.55. The topological polar surface area (TPSA) is 127 Å². The van der Waals surface area contributed by atoms with Crippen LogP contribution in [-0.2, 0) is 6.42 Å². The lowest BCUT2D eigenvalue weighted by atomic mass is 9.75. The Morgan fingerprint density at radius 3 is 2.32 bits per heavy atom. The van der Waals surface area contributed by atoms with E-state index in [9.17, 15) is 29.1 Å². The number of benzene rings is 2. The SMILES string of the molecule is O=C(NC(Cc1cccc(C(=O)O)c1O)B(O)O)c1ccc(F)cc1. The molecule has 0 heterocycles. The number of nitrogens with one attached hydrogen (secondary N) is 1. The maximum atomic E-state index is 12.9. The van der Waals surface area contributed by atoms with Crippen molar-refractivity contribution in [1.29, 1.82) is 0 Å². The van der Waals surface area contributed by atoms with E-state index in [0.29, 0.717) is 0 Å². The Morgan fingerprint density at radius 2 is 1.76 bits per heavy atom. The molecular formula is C16H15BFNO6. The minimum Gasteiger partial charge on any atom is -0.507 e. The molecule has 7 nitrogen and oxygen atoms in total. The van der Waals surface area contributed by atoms with Crippen LogP contribution in [0.5, 0.6) is 5.75 Å². The number of para-hydroxylation sites is 1. The highest BCUT2D eigenvalue weighted by atomic mass is 19.1. The number of phenols is 1. The van der Waals surface area contributed by atoms with E-state index in [1.807, 2.05) is 0 Å². The Hall–Kier alpha value is -2.91. The summed E-state index contributed by atoms with van der Waals surface area (Å²) in [4.78, 5) is 23.1. The minimum absolute atomic E-state index is 0.107. The molecule has 9 heteroatoms. The number of halogens is 1. The lowest BCUT2D eigenvalue weighted by Crippen LogP contribution is -2.47. The molecule has 1 atom stereocenters. The number of carboxylic acids is 1. The third-order valence-electron chi connectivity index (χ3n) is 3.57. The minimum atomic E-state index is -1.96. The first kappa shape index (κ1) is 18.4. The van der Waals surface area contributed by atoms with Gasteiger partial charge in [-0.1, -0.05) is 12.1 Å². The van der Waals surface area contributed by atoms with Crippen LogP contribution < -0.4 is 5.32 Å². The van der Waals surface area contributed by atoms with E-state index in [2.05, 4.69) is 5.32 Å². The number of carbonyl (C=O) groups excluding carboxylic acids is 1. The van der Waals surface area contributed by atoms with Gasteiger partial charge in [0.1, 0.15) is 17.1 Å². The van der Waals surface area contributed by atoms with Crippen LogP contribution in [0.3, 0.4) is 0 Å². The number of aromatic hydroxyl groups is 1. The van der Waals surface area contributed by atoms with Crippen LogP contribution in [0.1, 0.15) is 26.3 Å². The van der Waals surface area contributed by atoms with Gasteiger partial charge in [0.25, 0.3) is 5.91 Å². The molecule has 0 aromatic heterocycles. The molecule has 130 valence electrons. The predicted octanol–water partition coefficient (Wildman–Crippen LogP) is 0.583. The van der Waals surface area contributed by atoms with E-state index < -0.39 is 36.5 Å². The van der Waals surface area contributed by atoms with E-state index in [4.69, 9.17) is 5.11 Å². The van der Waals surface area contributed by atoms with Crippen molar-refractivity contribution in [2.45, 2.75) is 12.4 Å². The zero-order chi connectivity index (χ0) is 18.6. The molecule has 0 aliphatic heterocycles. The number of amides is 1. The summed E-state index contributed by atoms with van der Waals surface area (Å²) in [6, 6.07) is 8.62. The highest BCUT2D eigenvalue weighted by molar-refractivity contribution is 6.43. The van der Waals surface area contributed by atoms with Gasteiger partial charge in [-0.3, -0.25) is 4.79 Å². The Bertz CT molecular complexity index is 781. The van der Waals surface area contributed by atoms with Crippen molar-refractivity contribution in [2.24, 2.45) is 0 Å². The zero-order valence-corrected chi connectivity index (χ0v) is 12.9. The monoisotopic (exact) mass is 347 g/mol. The first-order valence-electron chi connectivity index (χ1n) is 7.26. The van der Waals surface area contributed by atoms with Crippen LogP contribution in [0.2, 0.25) is 0 Å². The number of aromatic carboxylic acids is 1. The second-order valence-electron chi connectivity index (χ2n) is 5.32. The van der Waals surface area contributed by atoms with Crippen LogP contribution in [0.15, 0.2) is 42.5 Å². The molecule has 2 rings (SSSR count). The fraction of sp³-hybridized carbons (Fsp3) is 0.125. The van der Waals surface area contributed by atoms with Gasteiger partial charge < -0.3 is 25.6 Å². The van der Waals surface area contributed by atoms with Gasteiger partial charge >= 0.3 is 13.1 Å². The summed E-state index contributed by atoms with van der Waals surface area (Å²) in [5.74, 6) is -4.27. The summed E-state index contributed by atoms with van der Waals surface area (Å²) in [6.07, 6.45) is -0.225. The summed E-state index contributed by atoms with van der Waals surface area (Å²) in [6.45, 7) is 0. The number of hydrogen-bond acceptors (Lipinski definition) is 5. The van der Waals surface area contributed by atoms with Crippen molar-refractivity contribution in [2.75, 3.05) is 0 Å². The van der Waals surface area contributed by atoms with Gasteiger partial charge in [0, 0.05) is 5.56 Å². The van der Waals surface area contributed by atoms with Crippen LogP contribution >= 0.6 is 0 Å². The third-order valence-corrected chi connectivity index (χ3v) is 3.57. The fourth-order valence-electron chi connectivity index (χ4n) is 2.25. The first-order valence-corrected chi connectivity index (χ1v) is 7.26. The molecule has 2 aromatic rings. The lowest BCUT2D eigenvalue weighted by molar-refractivity contribution is 0.0693. The van der Waals surface area contributed by atoms with E-state index in [1.165, 1.54) is 30.3 Å². The van der Waals surface area contributed by atoms with Gasteiger partial charge in [0.2, 0.25) is 0 Å². The van der Waals surface area contributed by atoms with Gasteiger partial charge in [-0.25, -0.2) is 9.18 Å². The lowest BCUT2D eigenvalue weighted by Gasteiger charge is -2.19. The maximum absolute atomic E-state index is 12.9. The Balaban J connectivity index is 2.19. The molecule has 5 N–H and O–H groups in total. The molecule has 0 fully saturated rings. The Labute approximate surface area is 142 Å². The molecule has 0 saturated carbocycles. The molecule has 0 saturated heterocycles. The maximum Gasteiger partial charge on any atom is 0.475 e. The van der Waals surface area contributed by atoms with E-state index >= 15 is 0 Å². The van der Waals surface area contributed by atoms with Crippen LogP contribution in [-0.4, -0.2) is 45.2 Å². The molecule has 2 aromatic carbocycles. The molecule has 1 amide bonds. The number of carboxylic acid groups (broad SMARTS) is 1. The van der Waals surface area contributed by atoms with Crippen LogP contribution in [0, 0.1) is 5.82 Å². The summed E-state index contributed by atoms with van der Waals surface area (Å²) in [5, 5.41) is 40.3. The van der Waals surface area contributed by atoms with Crippen molar-refractivity contribution in [3.63, 3.8) is 0 Å². The summed E-state index contributed by atoms with van der Waals surface area (Å²) in [5.41, 5.74) is -0.110. The van der Waals surface area contributed by atoms with Crippen molar-refractivity contribution < 1.29 is 34.2 Å². The van der Waals surface area contributed by atoms with Crippen molar-refractivity contribution in [1.82, 2.24) is 5.32 Å². The van der Waals surface area contributed by atoms with Gasteiger partial charge in [0.05, 0.1) is 5.94 Å². The second kappa shape index (κ2) is 7.78. The average molecular weight is 347 g/mol. The highest BCUT2D eigenvalue weighted by Crippen LogP contribution is 2.24. The van der Waals surface area contributed by atoms with Crippen molar-refractivity contribution in [3.8, 4) is 5.75 Å². The molecule has 25 heavy (non-hydrogen) atoms. The summed E-state index contributed by atoms with van der Waals surface area (Å²) in [7, 11) is -1.96. The van der Waals surface area contributed by atoms with Gasteiger partial charge in [-0.15, -0.1) is 0 Å². The molecular weight excluding hydrogens is 332 g/mol. The zero-order valence-electron chi connectivity index (χ0n) is 12.9. The molecule has 0 aliphatic rings. The smallest absolute Gasteiger partial charge is 0.475 e. The van der Waals surface area contributed by atoms with Gasteiger partial charge in [0.15, 0.2) is 0 Å². The Kier molecular flexibility index (Phi) is 5.73. The first-order chi connectivity index (χ1) is 11.8. The van der Waals surface area contributed by atoms with E-state index in [1.54, 1.807) is 0 Å². The van der Waals surface area contributed by atoms with E-state index in [0.717, 1.165) is 12.1 Å². The Morgan fingerprint density at radius 1 is 1.12 bits per heavy atom. The average Bonchev–Trinajstić information content (AvgIpc) is 2.56. The van der Waals surface area contributed by atoms with Crippen LogP contribution in [0.4, 0.5) is 4.39 Å².